The summed E-state index contributed by atoms with van der Waals surface area (Å²) in [5, 5.41) is 0. The summed E-state index contributed by atoms with van der Waals surface area (Å²) in [6.45, 7) is 4.78. The van der Waals surface area contributed by atoms with Crippen molar-refractivity contribution in [2.75, 3.05) is 0 Å². The molecule has 0 aliphatic rings. The third kappa shape index (κ3) is 2.30. The number of furan rings is 1. The lowest BCUT2D eigenvalue weighted by Crippen LogP contribution is -2.24. The monoisotopic (exact) mass is 206 g/mol. The molecule has 0 aromatic carbocycles. The number of aryl methyl sites for hydroxylation is 1. The summed E-state index contributed by atoms with van der Waals surface area (Å²) in [7, 11) is 0. The zero-order valence-corrected chi connectivity index (χ0v) is 8.35. The average Bonchev–Trinajstić information content (AvgIpc) is 2.31. The summed E-state index contributed by atoms with van der Waals surface area (Å²) in [6, 6.07) is 1.44. The van der Waals surface area contributed by atoms with E-state index >= 15 is 0 Å². The first-order valence-electron chi connectivity index (χ1n) is 4.44. The highest BCUT2D eigenvalue weighted by Crippen LogP contribution is 2.40. The molecule has 0 unspecified atom stereocenters. The summed E-state index contributed by atoms with van der Waals surface area (Å²) >= 11 is 0. The predicted octanol–water partition coefficient (Wildman–Crippen LogP) is 3.89. The van der Waals surface area contributed by atoms with Crippen LogP contribution in [0.2, 0.25) is 0 Å². The molecule has 0 spiro atoms. The molecular formula is C10H13F3O. The van der Waals surface area contributed by atoms with Gasteiger partial charge in [-0.3, -0.25) is 0 Å². The molecule has 0 fully saturated rings. The van der Waals surface area contributed by atoms with Gasteiger partial charge >= 0.3 is 6.18 Å². The number of alkyl halides is 3. The SMILES string of the molecule is Cc1coc([C@H](C(C)C)C(F)(F)F)c1. The highest BCUT2D eigenvalue weighted by Gasteiger charge is 2.44. The van der Waals surface area contributed by atoms with Crippen LogP contribution in [0.3, 0.4) is 0 Å². The molecule has 1 aromatic rings. The molecule has 0 radical (unpaired) electrons. The standard InChI is InChI=1S/C10H13F3O/c1-6(2)9(10(11,12)13)8-4-7(3)5-14-8/h4-6,9H,1-3H3/t9-/m0/s1. The molecule has 4 heteroatoms. The molecule has 14 heavy (non-hydrogen) atoms. The van der Waals surface area contributed by atoms with Crippen LogP contribution in [0.5, 0.6) is 0 Å². The van der Waals surface area contributed by atoms with Gasteiger partial charge in [-0.1, -0.05) is 13.8 Å². The average molecular weight is 206 g/mol. The number of halogens is 3. The first-order valence-corrected chi connectivity index (χ1v) is 4.44. The summed E-state index contributed by atoms with van der Waals surface area (Å²) in [5.74, 6) is -2.01. The van der Waals surface area contributed by atoms with Gasteiger partial charge in [0.05, 0.1) is 6.26 Å². The Balaban J connectivity index is 3.01. The summed E-state index contributed by atoms with van der Waals surface area (Å²) in [4.78, 5) is 0. The van der Waals surface area contributed by atoms with Crippen molar-refractivity contribution < 1.29 is 17.6 Å². The van der Waals surface area contributed by atoms with Gasteiger partial charge in [0.25, 0.3) is 0 Å². The minimum Gasteiger partial charge on any atom is -0.468 e. The largest absolute Gasteiger partial charge is 0.468 e. The molecule has 0 bridgehead atoms. The molecule has 1 rings (SSSR count). The highest BCUT2D eigenvalue weighted by molar-refractivity contribution is 5.16. The first-order chi connectivity index (χ1) is 6.32. The fourth-order valence-electron chi connectivity index (χ4n) is 1.48. The normalized spacial score (nSPS) is 14.8. The molecule has 1 nitrogen and oxygen atoms in total. The van der Waals surface area contributed by atoms with Crippen LogP contribution in [0.15, 0.2) is 16.7 Å². The number of hydrogen-bond donors (Lipinski definition) is 0. The Morgan fingerprint density at radius 3 is 2.14 bits per heavy atom. The third-order valence-electron chi connectivity index (χ3n) is 2.08. The zero-order chi connectivity index (χ0) is 10.9. The van der Waals surface area contributed by atoms with E-state index in [0.717, 1.165) is 5.56 Å². The van der Waals surface area contributed by atoms with Gasteiger partial charge in [0.2, 0.25) is 0 Å². The van der Waals surface area contributed by atoms with E-state index in [4.69, 9.17) is 4.42 Å². The van der Waals surface area contributed by atoms with Gasteiger partial charge in [-0.2, -0.15) is 13.2 Å². The maximum absolute atomic E-state index is 12.6. The van der Waals surface area contributed by atoms with E-state index in [1.807, 2.05) is 0 Å². The molecule has 0 aliphatic carbocycles. The van der Waals surface area contributed by atoms with Crippen LogP contribution < -0.4 is 0 Å². The lowest BCUT2D eigenvalue weighted by Gasteiger charge is -2.21. The number of rotatable bonds is 2. The van der Waals surface area contributed by atoms with Crippen molar-refractivity contribution in [3.05, 3.63) is 23.7 Å². The van der Waals surface area contributed by atoms with Gasteiger partial charge in [-0.15, -0.1) is 0 Å². The van der Waals surface area contributed by atoms with Crippen LogP contribution >= 0.6 is 0 Å². The molecule has 0 saturated carbocycles. The Labute approximate surface area is 80.9 Å². The maximum Gasteiger partial charge on any atom is 0.399 e. The fraction of sp³-hybridized carbons (Fsp3) is 0.600. The van der Waals surface area contributed by atoms with Crippen molar-refractivity contribution in [2.45, 2.75) is 32.9 Å². The van der Waals surface area contributed by atoms with Crippen molar-refractivity contribution in [3.63, 3.8) is 0 Å². The van der Waals surface area contributed by atoms with Gasteiger partial charge < -0.3 is 4.42 Å². The topological polar surface area (TPSA) is 13.1 Å². The van der Waals surface area contributed by atoms with Crippen LogP contribution in [0.1, 0.15) is 31.1 Å². The molecule has 0 saturated heterocycles. The molecule has 1 aromatic heterocycles. The second kappa shape index (κ2) is 3.67. The van der Waals surface area contributed by atoms with Crippen LogP contribution in [0.4, 0.5) is 13.2 Å². The van der Waals surface area contributed by atoms with E-state index < -0.39 is 18.0 Å². The van der Waals surface area contributed by atoms with Crippen LogP contribution in [-0.2, 0) is 0 Å². The van der Waals surface area contributed by atoms with Crippen molar-refractivity contribution >= 4 is 0 Å². The summed E-state index contributed by atoms with van der Waals surface area (Å²) in [6.07, 6.45) is -2.89. The number of hydrogen-bond acceptors (Lipinski definition) is 1. The van der Waals surface area contributed by atoms with E-state index in [2.05, 4.69) is 0 Å². The van der Waals surface area contributed by atoms with Crippen molar-refractivity contribution in [2.24, 2.45) is 5.92 Å². The van der Waals surface area contributed by atoms with E-state index in [1.165, 1.54) is 26.2 Å². The molecule has 0 N–H and O–H groups in total. The highest BCUT2D eigenvalue weighted by atomic mass is 19.4. The van der Waals surface area contributed by atoms with Crippen LogP contribution in [0.25, 0.3) is 0 Å². The second-order valence-electron chi connectivity index (χ2n) is 3.79. The van der Waals surface area contributed by atoms with Crippen LogP contribution in [0, 0.1) is 12.8 Å². The molecule has 1 heterocycles. The van der Waals surface area contributed by atoms with Gasteiger partial charge in [-0.25, -0.2) is 0 Å². The summed E-state index contributed by atoms with van der Waals surface area (Å²) < 4.78 is 42.7. The van der Waals surface area contributed by atoms with E-state index in [-0.39, 0.29) is 5.76 Å². The smallest absolute Gasteiger partial charge is 0.399 e. The van der Waals surface area contributed by atoms with Gasteiger partial charge in [0.15, 0.2) is 0 Å². The van der Waals surface area contributed by atoms with Crippen molar-refractivity contribution in [3.8, 4) is 0 Å². The molecule has 1 atom stereocenters. The maximum atomic E-state index is 12.6. The van der Waals surface area contributed by atoms with Crippen LogP contribution in [-0.4, -0.2) is 6.18 Å². The Bertz CT molecular complexity index is 299. The van der Waals surface area contributed by atoms with E-state index in [0.29, 0.717) is 0 Å². The Kier molecular flexibility index (Phi) is 2.92. The molecule has 0 amide bonds. The van der Waals surface area contributed by atoms with Crippen molar-refractivity contribution in [1.29, 1.82) is 0 Å². The Morgan fingerprint density at radius 2 is 1.86 bits per heavy atom. The van der Waals surface area contributed by atoms with Gasteiger partial charge in [0.1, 0.15) is 11.7 Å². The lowest BCUT2D eigenvalue weighted by atomic mass is 9.92. The Hall–Kier alpha value is -0.930. The molecule has 0 aliphatic heterocycles. The van der Waals surface area contributed by atoms with Gasteiger partial charge in [0, 0.05) is 0 Å². The van der Waals surface area contributed by atoms with Gasteiger partial charge in [-0.05, 0) is 24.5 Å². The predicted molar refractivity (Wildman–Crippen MR) is 47.1 cm³/mol. The van der Waals surface area contributed by atoms with Crippen molar-refractivity contribution in [1.82, 2.24) is 0 Å². The van der Waals surface area contributed by atoms with E-state index in [1.54, 1.807) is 6.92 Å². The third-order valence-corrected chi connectivity index (χ3v) is 2.08. The zero-order valence-electron chi connectivity index (χ0n) is 8.35. The Morgan fingerprint density at radius 1 is 1.29 bits per heavy atom. The molecule has 80 valence electrons. The minimum atomic E-state index is -4.24. The van der Waals surface area contributed by atoms with E-state index in [9.17, 15) is 13.2 Å². The second-order valence-corrected chi connectivity index (χ2v) is 3.79. The minimum absolute atomic E-state index is 0.00463. The fourth-order valence-corrected chi connectivity index (χ4v) is 1.48. The first kappa shape index (κ1) is 11.1. The molecular weight excluding hydrogens is 193 g/mol. The summed E-state index contributed by atoms with van der Waals surface area (Å²) in [5.41, 5.74) is 0.718. The lowest BCUT2D eigenvalue weighted by molar-refractivity contribution is -0.163. The quantitative estimate of drug-likeness (QED) is 0.715.